The molecule has 2 unspecified atom stereocenters. The van der Waals surface area contributed by atoms with E-state index in [0.29, 0.717) is 44.6 Å². The fourth-order valence-corrected chi connectivity index (χ4v) is 3.90. The Morgan fingerprint density at radius 3 is 2.48 bits per heavy atom. The average molecular weight is 375 g/mol. The van der Waals surface area contributed by atoms with Crippen molar-refractivity contribution in [1.29, 1.82) is 0 Å². The van der Waals surface area contributed by atoms with E-state index in [2.05, 4.69) is 5.32 Å². The van der Waals surface area contributed by atoms with Gasteiger partial charge in [-0.1, -0.05) is 18.2 Å². The van der Waals surface area contributed by atoms with E-state index in [1.54, 1.807) is 12.0 Å². The van der Waals surface area contributed by atoms with E-state index in [1.165, 1.54) is 4.90 Å². The molecule has 2 saturated heterocycles. The minimum atomic E-state index is -1.08. The molecule has 1 aromatic carbocycles. The first-order chi connectivity index (χ1) is 13.0. The Bertz CT molecular complexity index is 723. The molecule has 2 heterocycles. The Hall–Kier alpha value is -2.77. The summed E-state index contributed by atoms with van der Waals surface area (Å²) in [6.07, 6.45) is 1.42. The third-order valence-corrected chi connectivity index (χ3v) is 5.27. The second kappa shape index (κ2) is 8.28. The third-order valence-electron chi connectivity index (χ3n) is 5.27. The van der Waals surface area contributed by atoms with E-state index in [0.717, 1.165) is 12.0 Å². The Kier molecular flexibility index (Phi) is 5.83. The van der Waals surface area contributed by atoms with Crippen LogP contribution < -0.4 is 10.1 Å². The van der Waals surface area contributed by atoms with Crippen LogP contribution in [-0.4, -0.2) is 65.1 Å². The van der Waals surface area contributed by atoms with Crippen LogP contribution in [-0.2, 0) is 16.1 Å². The number of rotatable bonds is 5. The molecular formula is C19H25N3O5. The zero-order valence-corrected chi connectivity index (χ0v) is 15.4. The highest BCUT2D eigenvalue weighted by Gasteiger charge is 2.42. The van der Waals surface area contributed by atoms with Crippen molar-refractivity contribution in [2.45, 2.75) is 44.3 Å². The maximum Gasteiger partial charge on any atom is 0.407 e. The van der Waals surface area contributed by atoms with Gasteiger partial charge in [0.25, 0.3) is 0 Å². The summed E-state index contributed by atoms with van der Waals surface area (Å²) in [7, 11) is 1.58. The number of methoxy groups -OCH3 is 1. The number of amides is 3. The highest BCUT2D eigenvalue weighted by atomic mass is 16.5. The molecular weight excluding hydrogens is 350 g/mol. The molecule has 2 aliphatic heterocycles. The van der Waals surface area contributed by atoms with Gasteiger partial charge in [-0.05, 0) is 31.7 Å². The molecule has 0 aliphatic carbocycles. The highest BCUT2D eigenvalue weighted by molar-refractivity contribution is 5.92. The number of ether oxygens (including phenoxy) is 1. The molecule has 3 amide bonds. The van der Waals surface area contributed by atoms with Crippen LogP contribution >= 0.6 is 0 Å². The van der Waals surface area contributed by atoms with Crippen LogP contribution in [0.4, 0.5) is 4.79 Å². The molecule has 2 aliphatic rings. The number of hydrogen-bond donors (Lipinski definition) is 2. The number of nitrogens with one attached hydrogen (secondary N) is 1. The number of carbonyl (C=O) groups excluding carboxylic acids is 2. The Labute approximate surface area is 158 Å². The normalized spacial score (nSPS) is 22.0. The van der Waals surface area contributed by atoms with Crippen LogP contribution in [0, 0.1) is 0 Å². The summed E-state index contributed by atoms with van der Waals surface area (Å²) in [6.45, 7) is 1.16. The lowest BCUT2D eigenvalue weighted by Crippen LogP contribution is -2.52. The molecule has 2 N–H and O–H groups in total. The van der Waals surface area contributed by atoms with Crippen LogP contribution in [0.15, 0.2) is 24.3 Å². The molecule has 1 aromatic rings. The van der Waals surface area contributed by atoms with E-state index < -0.39 is 18.2 Å². The lowest BCUT2D eigenvalue weighted by molar-refractivity contribution is -0.141. The number of para-hydroxylation sites is 1. The first-order valence-corrected chi connectivity index (χ1v) is 9.22. The van der Waals surface area contributed by atoms with Crippen molar-refractivity contribution < 1.29 is 24.2 Å². The second-order valence-corrected chi connectivity index (χ2v) is 6.85. The molecule has 0 spiro atoms. The van der Waals surface area contributed by atoms with Crippen molar-refractivity contribution in [3.63, 3.8) is 0 Å². The zero-order chi connectivity index (χ0) is 19.4. The second-order valence-electron chi connectivity index (χ2n) is 6.85. The number of carboxylic acid groups (broad SMARTS) is 1. The Morgan fingerprint density at radius 2 is 1.78 bits per heavy atom. The standard InChI is InChI=1S/C19H25N3O5/c1-27-16-9-3-2-6-13(16)12-20-17(23)14-7-4-10-21(14)18(24)15-8-5-11-22(15)19(25)26/h2-3,6,9,14-15H,4-5,7-8,10-12H2,1H3,(H,20,23)(H,25,26). The first-order valence-electron chi connectivity index (χ1n) is 9.22. The summed E-state index contributed by atoms with van der Waals surface area (Å²) in [6, 6.07) is 6.20. The van der Waals surface area contributed by atoms with Gasteiger partial charge in [0.2, 0.25) is 11.8 Å². The molecule has 146 valence electrons. The van der Waals surface area contributed by atoms with Gasteiger partial charge < -0.3 is 20.1 Å². The van der Waals surface area contributed by atoms with Gasteiger partial charge in [-0.25, -0.2) is 4.79 Å². The summed E-state index contributed by atoms with van der Waals surface area (Å²) in [5.74, 6) is 0.219. The summed E-state index contributed by atoms with van der Waals surface area (Å²) in [5.41, 5.74) is 0.858. The molecule has 0 bridgehead atoms. The van der Waals surface area contributed by atoms with Crippen LogP contribution in [0.5, 0.6) is 5.75 Å². The molecule has 3 rings (SSSR count). The molecule has 0 aromatic heterocycles. The first kappa shape index (κ1) is 19.0. The smallest absolute Gasteiger partial charge is 0.407 e. The van der Waals surface area contributed by atoms with E-state index in [-0.39, 0.29) is 11.8 Å². The number of hydrogen-bond acceptors (Lipinski definition) is 4. The van der Waals surface area contributed by atoms with Gasteiger partial charge in [-0.2, -0.15) is 0 Å². The predicted molar refractivity (Wildman–Crippen MR) is 97.3 cm³/mol. The SMILES string of the molecule is COc1ccccc1CNC(=O)C1CCCN1C(=O)C1CCCN1C(=O)O. The van der Waals surface area contributed by atoms with Gasteiger partial charge in [-0.3, -0.25) is 14.5 Å². The summed E-state index contributed by atoms with van der Waals surface area (Å²) in [5, 5.41) is 12.2. The van der Waals surface area contributed by atoms with Gasteiger partial charge in [0.05, 0.1) is 7.11 Å². The number of nitrogens with zero attached hydrogens (tertiary/aromatic N) is 2. The lowest BCUT2D eigenvalue weighted by Gasteiger charge is -2.29. The molecule has 8 heteroatoms. The van der Waals surface area contributed by atoms with Crippen molar-refractivity contribution in [2.24, 2.45) is 0 Å². The van der Waals surface area contributed by atoms with Crippen molar-refractivity contribution in [3.8, 4) is 5.75 Å². The summed E-state index contributed by atoms with van der Waals surface area (Å²) in [4.78, 5) is 39.6. The Balaban J connectivity index is 1.64. The van der Waals surface area contributed by atoms with Crippen molar-refractivity contribution in [2.75, 3.05) is 20.2 Å². The molecule has 27 heavy (non-hydrogen) atoms. The molecule has 8 nitrogen and oxygen atoms in total. The van der Waals surface area contributed by atoms with Crippen LogP contribution in [0.3, 0.4) is 0 Å². The predicted octanol–water partition coefficient (Wildman–Crippen LogP) is 1.44. The topological polar surface area (TPSA) is 99.2 Å². The highest BCUT2D eigenvalue weighted by Crippen LogP contribution is 2.25. The number of benzene rings is 1. The number of carbonyl (C=O) groups is 3. The van der Waals surface area contributed by atoms with Crippen LogP contribution in [0.2, 0.25) is 0 Å². The third kappa shape index (κ3) is 3.99. The molecule has 0 radical (unpaired) electrons. The summed E-state index contributed by atoms with van der Waals surface area (Å²) < 4.78 is 5.29. The van der Waals surface area contributed by atoms with Gasteiger partial charge in [0.1, 0.15) is 17.8 Å². The Morgan fingerprint density at radius 1 is 1.11 bits per heavy atom. The minimum absolute atomic E-state index is 0.216. The lowest BCUT2D eigenvalue weighted by atomic mass is 10.1. The van der Waals surface area contributed by atoms with E-state index >= 15 is 0 Å². The molecule has 0 saturated carbocycles. The fraction of sp³-hybridized carbons (Fsp3) is 0.526. The minimum Gasteiger partial charge on any atom is -0.496 e. The van der Waals surface area contributed by atoms with Gasteiger partial charge >= 0.3 is 6.09 Å². The van der Waals surface area contributed by atoms with Gasteiger partial charge in [0.15, 0.2) is 0 Å². The van der Waals surface area contributed by atoms with Gasteiger partial charge in [-0.15, -0.1) is 0 Å². The number of likely N-dealkylation sites (tertiary alicyclic amines) is 2. The largest absolute Gasteiger partial charge is 0.496 e. The fourth-order valence-electron chi connectivity index (χ4n) is 3.90. The van der Waals surface area contributed by atoms with E-state index in [4.69, 9.17) is 4.74 Å². The zero-order valence-electron chi connectivity index (χ0n) is 15.4. The monoisotopic (exact) mass is 375 g/mol. The van der Waals surface area contributed by atoms with Crippen molar-refractivity contribution >= 4 is 17.9 Å². The van der Waals surface area contributed by atoms with E-state index in [9.17, 15) is 19.5 Å². The maximum absolute atomic E-state index is 12.9. The molecule has 2 atom stereocenters. The van der Waals surface area contributed by atoms with E-state index in [1.807, 2.05) is 24.3 Å². The van der Waals surface area contributed by atoms with Crippen LogP contribution in [0.25, 0.3) is 0 Å². The van der Waals surface area contributed by atoms with Gasteiger partial charge in [0, 0.05) is 25.2 Å². The molecule has 2 fully saturated rings. The average Bonchev–Trinajstić information content (AvgIpc) is 3.35. The van der Waals surface area contributed by atoms with Crippen LogP contribution in [0.1, 0.15) is 31.2 Å². The van der Waals surface area contributed by atoms with Crippen molar-refractivity contribution in [1.82, 2.24) is 15.1 Å². The maximum atomic E-state index is 12.9. The van der Waals surface area contributed by atoms with Crippen molar-refractivity contribution in [3.05, 3.63) is 29.8 Å². The summed E-state index contributed by atoms with van der Waals surface area (Å²) >= 11 is 0. The quantitative estimate of drug-likeness (QED) is 0.811.